The maximum absolute atomic E-state index is 12.8. The summed E-state index contributed by atoms with van der Waals surface area (Å²) in [6, 6.07) is 9.13. The molecule has 2 aliphatic heterocycles. The fourth-order valence-electron chi connectivity index (χ4n) is 4.11. The molecule has 0 aliphatic carbocycles. The molecule has 0 N–H and O–H groups in total. The molecule has 0 saturated carbocycles. The van der Waals surface area contributed by atoms with Crippen LogP contribution in [0.5, 0.6) is 5.75 Å². The van der Waals surface area contributed by atoms with Crippen LogP contribution in [0.2, 0.25) is 0 Å². The largest absolute Gasteiger partial charge is 0.497 e. The summed E-state index contributed by atoms with van der Waals surface area (Å²) < 4.78 is 7.17. The third kappa shape index (κ3) is 2.87. The molecule has 142 valence electrons. The normalized spacial score (nSPS) is 18.6. The van der Waals surface area contributed by atoms with Crippen LogP contribution >= 0.6 is 0 Å². The minimum absolute atomic E-state index is 0.0172. The van der Waals surface area contributed by atoms with Gasteiger partial charge in [0.1, 0.15) is 11.6 Å². The number of aryl methyl sites for hydroxylation is 1. The van der Waals surface area contributed by atoms with E-state index in [1.165, 1.54) is 0 Å². The van der Waals surface area contributed by atoms with E-state index in [0.29, 0.717) is 25.1 Å². The van der Waals surface area contributed by atoms with Crippen molar-refractivity contribution in [3.05, 3.63) is 41.6 Å². The van der Waals surface area contributed by atoms with Gasteiger partial charge in [-0.1, -0.05) is 0 Å². The fourth-order valence-corrected chi connectivity index (χ4v) is 4.11. The van der Waals surface area contributed by atoms with E-state index < -0.39 is 0 Å². The van der Waals surface area contributed by atoms with Gasteiger partial charge in [-0.15, -0.1) is 0 Å². The molecule has 1 spiro atoms. The number of aromatic nitrogens is 2. The van der Waals surface area contributed by atoms with Crippen LogP contribution in [0.4, 0.5) is 5.82 Å². The molecule has 0 radical (unpaired) electrons. The molecule has 7 nitrogen and oxygen atoms in total. The molecule has 2 amide bonds. The summed E-state index contributed by atoms with van der Waals surface area (Å²) in [5, 5.41) is 4.67. The number of piperidine rings is 1. The quantitative estimate of drug-likeness (QED) is 0.815. The average Bonchev–Trinajstić information content (AvgIpc) is 3.09. The van der Waals surface area contributed by atoms with Crippen molar-refractivity contribution in [2.24, 2.45) is 0 Å². The van der Waals surface area contributed by atoms with Gasteiger partial charge in [0.05, 0.1) is 24.8 Å². The van der Waals surface area contributed by atoms with Gasteiger partial charge in [-0.05, 0) is 44.0 Å². The van der Waals surface area contributed by atoms with Crippen molar-refractivity contribution in [3.63, 3.8) is 0 Å². The summed E-state index contributed by atoms with van der Waals surface area (Å²) in [6.07, 6.45) is 1.88. The van der Waals surface area contributed by atoms with Crippen molar-refractivity contribution >= 4 is 17.6 Å². The van der Waals surface area contributed by atoms with E-state index in [-0.39, 0.29) is 17.4 Å². The standard InChI is InChI=1S/C20H24N4O3/c1-14-12-17-22(2)18(25)13-20(24(17)21-14)8-10-23(11-9-20)19(26)15-4-6-16(27-3)7-5-15/h4-7,12H,8-11,13H2,1-3H3. The van der Waals surface area contributed by atoms with Crippen molar-refractivity contribution in [1.82, 2.24) is 14.7 Å². The van der Waals surface area contributed by atoms with Crippen LogP contribution in [0.1, 0.15) is 35.3 Å². The van der Waals surface area contributed by atoms with Gasteiger partial charge in [0, 0.05) is 31.8 Å². The molecule has 7 heteroatoms. The van der Waals surface area contributed by atoms with Crippen LogP contribution < -0.4 is 9.64 Å². The van der Waals surface area contributed by atoms with Crippen LogP contribution in [0, 0.1) is 6.92 Å². The maximum atomic E-state index is 12.8. The Hall–Kier alpha value is -2.83. The predicted molar refractivity (Wildman–Crippen MR) is 101 cm³/mol. The van der Waals surface area contributed by atoms with Crippen LogP contribution in [0.25, 0.3) is 0 Å². The highest BCUT2D eigenvalue weighted by Crippen LogP contribution is 2.41. The van der Waals surface area contributed by atoms with E-state index in [1.54, 1.807) is 43.3 Å². The summed E-state index contributed by atoms with van der Waals surface area (Å²) in [6.45, 7) is 3.17. The van der Waals surface area contributed by atoms with Crippen molar-refractivity contribution < 1.29 is 14.3 Å². The fraction of sp³-hybridized carbons (Fsp3) is 0.450. The van der Waals surface area contributed by atoms with E-state index in [9.17, 15) is 9.59 Å². The number of methoxy groups -OCH3 is 1. The smallest absolute Gasteiger partial charge is 0.253 e. The lowest BCUT2D eigenvalue weighted by molar-refractivity contribution is -0.122. The number of likely N-dealkylation sites (tertiary alicyclic amines) is 1. The Balaban J connectivity index is 1.53. The number of carbonyl (C=O) groups excluding carboxylic acids is 2. The number of hydrogen-bond donors (Lipinski definition) is 0. The highest BCUT2D eigenvalue weighted by atomic mass is 16.5. The molecule has 27 heavy (non-hydrogen) atoms. The van der Waals surface area contributed by atoms with Gasteiger partial charge in [-0.25, -0.2) is 4.68 Å². The first kappa shape index (κ1) is 17.6. The summed E-state index contributed by atoms with van der Waals surface area (Å²) in [5.41, 5.74) is 1.23. The lowest BCUT2D eigenvalue weighted by Gasteiger charge is -2.46. The molecular formula is C20H24N4O3. The Labute approximate surface area is 158 Å². The van der Waals surface area contributed by atoms with Gasteiger partial charge in [-0.2, -0.15) is 5.10 Å². The van der Waals surface area contributed by atoms with Gasteiger partial charge in [0.15, 0.2) is 0 Å². The van der Waals surface area contributed by atoms with Gasteiger partial charge < -0.3 is 14.5 Å². The van der Waals surface area contributed by atoms with E-state index in [2.05, 4.69) is 5.10 Å². The molecule has 4 rings (SSSR count). The number of rotatable bonds is 2. The van der Waals surface area contributed by atoms with E-state index in [1.807, 2.05) is 22.6 Å². The first-order valence-electron chi connectivity index (χ1n) is 9.20. The number of ether oxygens (including phenoxy) is 1. The molecule has 2 aromatic rings. The molecule has 0 bridgehead atoms. The molecule has 2 aliphatic rings. The lowest BCUT2D eigenvalue weighted by Crippen LogP contribution is -2.54. The Kier molecular flexibility index (Phi) is 4.17. The first-order valence-corrected chi connectivity index (χ1v) is 9.20. The highest BCUT2D eigenvalue weighted by Gasteiger charge is 2.45. The van der Waals surface area contributed by atoms with Crippen molar-refractivity contribution in [2.75, 3.05) is 32.1 Å². The highest BCUT2D eigenvalue weighted by molar-refractivity contribution is 5.95. The zero-order valence-electron chi connectivity index (χ0n) is 15.9. The van der Waals surface area contributed by atoms with Crippen molar-refractivity contribution in [2.45, 2.75) is 31.7 Å². The van der Waals surface area contributed by atoms with Crippen molar-refractivity contribution in [1.29, 1.82) is 0 Å². The lowest BCUT2D eigenvalue weighted by atomic mass is 9.82. The molecule has 0 atom stereocenters. The number of anilines is 1. The van der Waals surface area contributed by atoms with Crippen LogP contribution in [-0.4, -0.2) is 53.7 Å². The van der Waals surface area contributed by atoms with E-state index >= 15 is 0 Å². The molecule has 0 unspecified atom stereocenters. The molecular weight excluding hydrogens is 344 g/mol. The van der Waals surface area contributed by atoms with E-state index in [0.717, 1.165) is 30.1 Å². The second kappa shape index (κ2) is 6.40. The number of fused-ring (bicyclic) bond motifs is 2. The van der Waals surface area contributed by atoms with Gasteiger partial charge in [0.2, 0.25) is 5.91 Å². The molecule has 1 fully saturated rings. The SMILES string of the molecule is COc1ccc(C(=O)N2CCC3(CC2)CC(=O)N(C)c2cc(C)nn23)cc1. The Morgan fingerprint density at radius 3 is 2.48 bits per heavy atom. The predicted octanol–water partition coefficient (Wildman–Crippen LogP) is 2.20. The number of hydrogen-bond acceptors (Lipinski definition) is 4. The zero-order chi connectivity index (χ0) is 19.2. The van der Waals surface area contributed by atoms with Gasteiger partial charge >= 0.3 is 0 Å². The summed E-state index contributed by atoms with van der Waals surface area (Å²) in [7, 11) is 3.40. The maximum Gasteiger partial charge on any atom is 0.253 e. The van der Waals surface area contributed by atoms with Crippen LogP contribution in [0.3, 0.4) is 0 Å². The van der Waals surface area contributed by atoms with E-state index in [4.69, 9.17) is 4.74 Å². The second-order valence-electron chi connectivity index (χ2n) is 7.43. The number of amides is 2. The molecule has 1 aromatic heterocycles. The third-order valence-electron chi connectivity index (χ3n) is 5.78. The Morgan fingerprint density at radius 1 is 1.19 bits per heavy atom. The second-order valence-corrected chi connectivity index (χ2v) is 7.43. The molecule has 1 aromatic carbocycles. The minimum Gasteiger partial charge on any atom is -0.497 e. The monoisotopic (exact) mass is 368 g/mol. The van der Waals surface area contributed by atoms with Crippen LogP contribution in [0.15, 0.2) is 30.3 Å². The van der Waals surface area contributed by atoms with Crippen LogP contribution in [-0.2, 0) is 10.3 Å². The molecule has 3 heterocycles. The Morgan fingerprint density at radius 2 is 1.85 bits per heavy atom. The Bertz CT molecular complexity index is 879. The summed E-state index contributed by atoms with van der Waals surface area (Å²) in [5.74, 6) is 1.70. The third-order valence-corrected chi connectivity index (χ3v) is 5.78. The first-order chi connectivity index (χ1) is 12.9. The topological polar surface area (TPSA) is 67.7 Å². The summed E-state index contributed by atoms with van der Waals surface area (Å²) in [4.78, 5) is 28.9. The number of benzene rings is 1. The van der Waals surface area contributed by atoms with Crippen molar-refractivity contribution in [3.8, 4) is 5.75 Å². The average molecular weight is 368 g/mol. The zero-order valence-corrected chi connectivity index (χ0v) is 15.9. The summed E-state index contributed by atoms with van der Waals surface area (Å²) >= 11 is 0. The number of nitrogens with zero attached hydrogens (tertiary/aromatic N) is 4. The minimum atomic E-state index is -0.329. The van der Waals surface area contributed by atoms with Gasteiger partial charge in [-0.3, -0.25) is 9.59 Å². The molecule has 1 saturated heterocycles. The number of carbonyl (C=O) groups is 2. The van der Waals surface area contributed by atoms with Gasteiger partial charge in [0.25, 0.3) is 5.91 Å².